The van der Waals surface area contributed by atoms with Gasteiger partial charge in [-0.3, -0.25) is 0 Å². The van der Waals surface area contributed by atoms with Gasteiger partial charge in [-0.1, -0.05) is 12.1 Å². The van der Waals surface area contributed by atoms with E-state index in [1.54, 1.807) is 0 Å². The molecule has 0 saturated heterocycles. The van der Waals surface area contributed by atoms with Gasteiger partial charge in [-0.05, 0) is 38.2 Å². The summed E-state index contributed by atoms with van der Waals surface area (Å²) >= 11 is 5.46. The number of hydrogen-bond donors (Lipinski definition) is 1. The Morgan fingerprint density at radius 1 is 1.24 bits per heavy atom. The zero-order valence-corrected chi connectivity index (χ0v) is 11.4. The van der Waals surface area contributed by atoms with Gasteiger partial charge in [-0.25, -0.2) is 0 Å². The highest BCUT2D eigenvalue weighted by Crippen LogP contribution is 2.31. The Balaban J connectivity index is 2.27. The third-order valence-electron chi connectivity index (χ3n) is 2.90. The molecular formula is C13H19N3S. The van der Waals surface area contributed by atoms with Crippen molar-refractivity contribution >= 4 is 28.7 Å². The fourth-order valence-corrected chi connectivity index (χ4v) is 2.47. The summed E-state index contributed by atoms with van der Waals surface area (Å²) in [6, 6.07) is 8.76. The van der Waals surface area contributed by atoms with Gasteiger partial charge in [0.05, 0.1) is 11.4 Å². The molecule has 0 saturated carbocycles. The largest absolute Gasteiger partial charge is 0.371 e. The molecule has 1 aliphatic rings. The summed E-state index contributed by atoms with van der Waals surface area (Å²) in [5.74, 6) is 0. The lowest BCUT2D eigenvalue weighted by atomic mass is 10.2. The van der Waals surface area contributed by atoms with Crippen molar-refractivity contribution in [2.24, 2.45) is 0 Å². The quantitative estimate of drug-likeness (QED) is 0.769. The number of fused-ring (bicyclic) bond motifs is 1. The van der Waals surface area contributed by atoms with Crippen LogP contribution < -0.4 is 15.1 Å². The molecule has 0 aliphatic carbocycles. The van der Waals surface area contributed by atoms with Gasteiger partial charge in [0, 0.05) is 26.2 Å². The molecule has 0 radical (unpaired) electrons. The predicted octanol–water partition coefficient (Wildman–Crippen LogP) is 2.23. The van der Waals surface area contributed by atoms with Crippen LogP contribution in [0.1, 0.15) is 13.8 Å². The van der Waals surface area contributed by atoms with Gasteiger partial charge in [-0.2, -0.15) is 0 Å². The SMILES string of the molecule is CC(C)NC(=S)N1CCN(C)c2ccccc21. The van der Waals surface area contributed by atoms with Crippen LogP contribution in [0.4, 0.5) is 11.4 Å². The van der Waals surface area contributed by atoms with Gasteiger partial charge < -0.3 is 15.1 Å². The molecule has 1 aromatic carbocycles. The van der Waals surface area contributed by atoms with Crippen molar-refractivity contribution in [3.05, 3.63) is 24.3 Å². The lowest BCUT2D eigenvalue weighted by Crippen LogP contribution is -2.48. The summed E-state index contributed by atoms with van der Waals surface area (Å²) in [6.07, 6.45) is 0. The molecule has 1 N–H and O–H groups in total. The van der Waals surface area contributed by atoms with Crippen molar-refractivity contribution in [1.29, 1.82) is 0 Å². The Morgan fingerprint density at radius 2 is 1.88 bits per heavy atom. The van der Waals surface area contributed by atoms with Gasteiger partial charge in [-0.15, -0.1) is 0 Å². The predicted molar refractivity (Wildman–Crippen MR) is 77.9 cm³/mol. The first-order valence-corrected chi connectivity index (χ1v) is 6.38. The molecule has 92 valence electrons. The number of likely N-dealkylation sites (N-methyl/N-ethyl adjacent to an activating group) is 1. The summed E-state index contributed by atoms with van der Waals surface area (Å²) < 4.78 is 0. The number of nitrogens with one attached hydrogen (secondary N) is 1. The Morgan fingerprint density at radius 3 is 2.53 bits per heavy atom. The third-order valence-corrected chi connectivity index (χ3v) is 3.24. The highest BCUT2D eigenvalue weighted by atomic mass is 32.1. The minimum atomic E-state index is 0.370. The number of anilines is 2. The van der Waals surface area contributed by atoms with E-state index in [9.17, 15) is 0 Å². The van der Waals surface area contributed by atoms with E-state index in [-0.39, 0.29) is 0 Å². The summed E-state index contributed by atoms with van der Waals surface area (Å²) in [6.45, 7) is 6.14. The molecule has 3 nitrogen and oxygen atoms in total. The second-order valence-electron chi connectivity index (χ2n) is 4.67. The van der Waals surface area contributed by atoms with Gasteiger partial charge in [0.1, 0.15) is 0 Å². The van der Waals surface area contributed by atoms with Gasteiger partial charge >= 0.3 is 0 Å². The molecule has 0 atom stereocenters. The molecule has 1 heterocycles. The zero-order valence-electron chi connectivity index (χ0n) is 10.6. The summed E-state index contributed by atoms with van der Waals surface area (Å²) in [7, 11) is 2.12. The second-order valence-corrected chi connectivity index (χ2v) is 5.05. The average molecular weight is 249 g/mol. The van der Waals surface area contributed by atoms with Crippen molar-refractivity contribution < 1.29 is 0 Å². The molecule has 17 heavy (non-hydrogen) atoms. The fourth-order valence-electron chi connectivity index (χ4n) is 2.04. The van der Waals surface area contributed by atoms with E-state index in [0.29, 0.717) is 6.04 Å². The molecule has 0 fully saturated rings. The van der Waals surface area contributed by atoms with E-state index < -0.39 is 0 Å². The highest BCUT2D eigenvalue weighted by Gasteiger charge is 2.22. The number of para-hydroxylation sites is 2. The maximum absolute atomic E-state index is 5.46. The molecule has 0 bridgehead atoms. The topological polar surface area (TPSA) is 18.5 Å². The van der Waals surface area contributed by atoms with Gasteiger partial charge in [0.25, 0.3) is 0 Å². The third kappa shape index (κ3) is 2.52. The molecule has 1 aliphatic heterocycles. The van der Waals surface area contributed by atoms with Crippen molar-refractivity contribution in [2.75, 3.05) is 29.9 Å². The molecule has 1 aromatic rings. The Labute approximate surface area is 108 Å². The van der Waals surface area contributed by atoms with Crippen molar-refractivity contribution in [2.45, 2.75) is 19.9 Å². The fraction of sp³-hybridized carbons (Fsp3) is 0.462. The molecule has 0 amide bonds. The summed E-state index contributed by atoms with van der Waals surface area (Å²) in [4.78, 5) is 4.45. The molecule has 4 heteroatoms. The summed E-state index contributed by atoms with van der Waals surface area (Å²) in [5, 5.41) is 4.13. The molecule has 0 unspecified atom stereocenters. The number of thiocarbonyl (C=S) groups is 1. The van der Waals surface area contributed by atoms with E-state index in [1.807, 2.05) is 0 Å². The molecule has 0 spiro atoms. The first-order chi connectivity index (χ1) is 8.09. The Hall–Kier alpha value is -1.29. The van der Waals surface area contributed by atoms with Crippen LogP contribution in [-0.4, -0.2) is 31.3 Å². The zero-order chi connectivity index (χ0) is 12.4. The molecular weight excluding hydrogens is 230 g/mol. The number of benzene rings is 1. The van der Waals surface area contributed by atoms with Crippen molar-refractivity contribution in [3.8, 4) is 0 Å². The van der Waals surface area contributed by atoms with Crippen LogP contribution in [0.25, 0.3) is 0 Å². The molecule has 0 aromatic heterocycles. The Kier molecular flexibility index (Phi) is 3.52. The monoisotopic (exact) mass is 249 g/mol. The minimum absolute atomic E-state index is 0.370. The molecule has 2 rings (SSSR count). The average Bonchev–Trinajstić information content (AvgIpc) is 2.29. The van der Waals surface area contributed by atoms with E-state index in [2.05, 4.69) is 60.3 Å². The van der Waals surface area contributed by atoms with E-state index in [4.69, 9.17) is 12.2 Å². The normalized spacial score (nSPS) is 14.8. The first-order valence-electron chi connectivity index (χ1n) is 5.98. The van der Waals surface area contributed by atoms with E-state index in [0.717, 1.165) is 18.2 Å². The lowest BCUT2D eigenvalue weighted by Gasteiger charge is -2.37. The first kappa shape index (κ1) is 12.2. The van der Waals surface area contributed by atoms with Crippen LogP contribution >= 0.6 is 12.2 Å². The van der Waals surface area contributed by atoms with E-state index >= 15 is 0 Å². The maximum atomic E-state index is 5.46. The standard InChI is InChI=1S/C13H19N3S/c1-10(2)14-13(17)16-9-8-15(3)11-6-4-5-7-12(11)16/h4-7,10H,8-9H2,1-3H3,(H,14,17). The second kappa shape index (κ2) is 4.92. The van der Waals surface area contributed by atoms with Gasteiger partial charge in [0.2, 0.25) is 0 Å². The van der Waals surface area contributed by atoms with Crippen LogP contribution in [-0.2, 0) is 0 Å². The van der Waals surface area contributed by atoms with Crippen LogP contribution in [0.3, 0.4) is 0 Å². The van der Waals surface area contributed by atoms with E-state index in [1.165, 1.54) is 11.4 Å². The van der Waals surface area contributed by atoms with Crippen LogP contribution in [0.2, 0.25) is 0 Å². The number of rotatable bonds is 1. The summed E-state index contributed by atoms with van der Waals surface area (Å²) in [5.41, 5.74) is 2.44. The Bertz CT molecular complexity index is 417. The highest BCUT2D eigenvalue weighted by molar-refractivity contribution is 7.80. The smallest absolute Gasteiger partial charge is 0.173 e. The van der Waals surface area contributed by atoms with Crippen LogP contribution in [0, 0.1) is 0 Å². The van der Waals surface area contributed by atoms with Crippen LogP contribution in [0.15, 0.2) is 24.3 Å². The maximum Gasteiger partial charge on any atom is 0.173 e. The van der Waals surface area contributed by atoms with Gasteiger partial charge in [0.15, 0.2) is 5.11 Å². The van der Waals surface area contributed by atoms with Crippen molar-refractivity contribution in [1.82, 2.24) is 5.32 Å². The lowest BCUT2D eigenvalue weighted by molar-refractivity contribution is 0.720. The van der Waals surface area contributed by atoms with Crippen LogP contribution in [0.5, 0.6) is 0 Å². The van der Waals surface area contributed by atoms with Crippen molar-refractivity contribution in [3.63, 3.8) is 0 Å². The minimum Gasteiger partial charge on any atom is -0.371 e. The number of nitrogens with zero attached hydrogens (tertiary/aromatic N) is 2. The number of hydrogen-bond acceptors (Lipinski definition) is 2.